The van der Waals surface area contributed by atoms with Gasteiger partial charge in [-0.3, -0.25) is 0 Å². The van der Waals surface area contributed by atoms with E-state index in [-0.39, 0.29) is 0 Å². The Labute approximate surface area is 104 Å². The molecule has 0 saturated carbocycles. The molecule has 0 radical (unpaired) electrons. The van der Waals surface area contributed by atoms with Crippen molar-refractivity contribution >= 4 is 11.5 Å². The molecule has 4 heteroatoms. The summed E-state index contributed by atoms with van der Waals surface area (Å²) in [5.41, 5.74) is 7.41. The molecule has 1 rings (SSSR count). The minimum absolute atomic E-state index is 0.589. The minimum Gasteiger partial charge on any atom is -0.397 e. The predicted octanol–water partition coefficient (Wildman–Crippen LogP) is 2.08. The number of hydrogen-bond acceptors (Lipinski definition) is 4. The molecule has 0 bridgehead atoms. The predicted molar refractivity (Wildman–Crippen MR) is 72.3 cm³/mol. The van der Waals surface area contributed by atoms with Crippen molar-refractivity contribution in [2.24, 2.45) is 5.92 Å². The maximum Gasteiger partial charge on any atom is 0.129 e. The van der Waals surface area contributed by atoms with Gasteiger partial charge < -0.3 is 15.4 Å². The zero-order valence-corrected chi connectivity index (χ0v) is 11.2. The molecular formula is C13H23N3O. The highest BCUT2D eigenvalue weighted by Gasteiger charge is 2.10. The number of anilines is 2. The van der Waals surface area contributed by atoms with E-state index >= 15 is 0 Å². The van der Waals surface area contributed by atoms with Gasteiger partial charge in [-0.25, -0.2) is 4.98 Å². The van der Waals surface area contributed by atoms with E-state index in [0.717, 1.165) is 30.3 Å². The lowest BCUT2D eigenvalue weighted by molar-refractivity contribution is 0.204. The number of hydrogen-bond donors (Lipinski definition) is 1. The van der Waals surface area contributed by atoms with Gasteiger partial charge in [-0.05, 0) is 25.0 Å². The Morgan fingerprint density at radius 2 is 2.12 bits per heavy atom. The highest BCUT2D eigenvalue weighted by molar-refractivity contribution is 5.50. The molecule has 0 saturated heterocycles. The van der Waals surface area contributed by atoms with Gasteiger partial charge >= 0.3 is 0 Å². The Hall–Kier alpha value is -1.29. The van der Waals surface area contributed by atoms with Gasteiger partial charge in [0, 0.05) is 20.2 Å². The van der Waals surface area contributed by atoms with E-state index in [1.807, 2.05) is 19.1 Å². The lowest BCUT2D eigenvalue weighted by Crippen LogP contribution is -2.31. The summed E-state index contributed by atoms with van der Waals surface area (Å²) in [6, 6.07) is 3.89. The molecule has 0 unspecified atom stereocenters. The maximum absolute atomic E-state index is 5.78. The lowest BCUT2D eigenvalue weighted by atomic mass is 10.2. The van der Waals surface area contributed by atoms with Crippen molar-refractivity contribution in [1.82, 2.24) is 4.98 Å². The van der Waals surface area contributed by atoms with Crippen LogP contribution in [0.15, 0.2) is 12.1 Å². The maximum atomic E-state index is 5.78. The molecule has 0 atom stereocenters. The van der Waals surface area contributed by atoms with Gasteiger partial charge in [0.05, 0.1) is 18.0 Å². The number of methoxy groups -OCH3 is 1. The van der Waals surface area contributed by atoms with Crippen molar-refractivity contribution in [3.8, 4) is 0 Å². The molecule has 0 aliphatic heterocycles. The van der Waals surface area contributed by atoms with Crippen LogP contribution in [0.5, 0.6) is 0 Å². The van der Waals surface area contributed by atoms with E-state index in [9.17, 15) is 0 Å². The second-order valence-electron chi connectivity index (χ2n) is 4.68. The fraction of sp³-hybridized carbons (Fsp3) is 0.615. The monoisotopic (exact) mass is 237 g/mol. The molecule has 0 spiro atoms. The van der Waals surface area contributed by atoms with Crippen LogP contribution < -0.4 is 10.6 Å². The van der Waals surface area contributed by atoms with Crippen LogP contribution in [0, 0.1) is 12.8 Å². The van der Waals surface area contributed by atoms with Gasteiger partial charge in [-0.15, -0.1) is 0 Å². The summed E-state index contributed by atoms with van der Waals surface area (Å²) in [7, 11) is 1.72. The molecule has 4 nitrogen and oxygen atoms in total. The molecule has 2 N–H and O–H groups in total. The quantitative estimate of drug-likeness (QED) is 0.823. The van der Waals surface area contributed by atoms with Gasteiger partial charge in [-0.2, -0.15) is 0 Å². The van der Waals surface area contributed by atoms with Crippen LogP contribution in [-0.2, 0) is 4.74 Å². The van der Waals surface area contributed by atoms with Crippen molar-refractivity contribution < 1.29 is 4.74 Å². The zero-order chi connectivity index (χ0) is 12.8. The average Bonchev–Trinajstić information content (AvgIpc) is 2.27. The normalized spacial score (nSPS) is 10.9. The molecule has 0 aliphatic carbocycles. The first-order chi connectivity index (χ1) is 8.04. The van der Waals surface area contributed by atoms with Crippen molar-refractivity contribution in [3.05, 3.63) is 17.8 Å². The molecule has 1 aromatic rings. The Balaban J connectivity index is 2.83. The van der Waals surface area contributed by atoms with E-state index in [4.69, 9.17) is 10.5 Å². The number of pyridine rings is 1. The Bertz CT molecular complexity index is 353. The Kier molecular flexibility index (Phi) is 5.22. The van der Waals surface area contributed by atoms with E-state index in [0.29, 0.717) is 12.5 Å². The SMILES string of the molecule is COCCN(CC(C)C)c1ccc(N)c(C)n1. The van der Waals surface area contributed by atoms with Gasteiger partial charge in [-0.1, -0.05) is 13.8 Å². The number of nitrogen functional groups attached to an aromatic ring is 1. The van der Waals surface area contributed by atoms with E-state index in [1.165, 1.54) is 0 Å². The van der Waals surface area contributed by atoms with E-state index in [1.54, 1.807) is 7.11 Å². The first-order valence-electron chi connectivity index (χ1n) is 6.01. The molecule has 0 amide bonds. The fourth-order valence-corrected chi connectivity index (χ4v) is 1.68. The minimum atomic E-state index is 0.589. The third kappa shape index (κ3) is 4.23. The zero-order valence-electron chi connectivity index (χ0n) is 11.2. The van der Waals surface area contributed by atoms with Crippen LogP contribution in [0.2, 0.25) is 0 Å². The van der Waals surface area contributed by atoms with Gasteiger partial charge in [0.15, 0.2) is 0 Å². The second-order valence-corrected chi connectivity index (χ2v) is 4.68. The van der Waals surface area contributed by atoms with Gasteiger partial charge in [0.1, 0.15) is 5.82 Å². The highest BCUT2D eigenvalue weighted by atomic mass is 16.5. The summed E-state index contributed by atoms with van der Waals surface area (Å²) < 4.78 is 5.14. The smallest absolute Gasteiger partial charge is 0.129 e. The number of rotatable bonds is 6. The summed E-state index contributed by atoms with van der Waals surface area (Å²) >= 11 is 0. The van der Waals surface area contributed by atoms with Crippen LogP contribution in [0.3, 0.4) is 0 Å². The summed E-state index contributed by atoms with van der Waals surface area (Å²) in [6.07, 6.45) is 0. The number of nitrogens with two attached hydrogens (primary N) is 1. The molecule has 0 aromatic carbocycles. The van der Waals surface area contributed by atoms with Crippen LogP contribution >= 0.6 is 0 Å². The second kappa shape index (κ2) is 6.45. The molecule has 1 aromatic heterocycles. The Morgan fingerprint density at radius 3 is 2.65 bits per heavy atom. The van der Waals surface area contributed by atoms with Crippen LogP contribution in [-0.4, -0.2) is 31.8 Å². The summed E-state index contributed by atoms with van der Waals surface area (Å²) in [6.45, 7) is 8.86. The summed E-state index contributed by atoms with van der Waals surface area (Å²) in [5.74, 6) is 1.56. The van der Waals surface area contributed by atoms with Crippen LogP contribution in [0.4, 0.5) is 11.5 Å². The number of nitrogens with zero attached hydrogens (tertiary/aromatic N) is 2. The molecule has 96 valence electrons. The number of aryl methyl sites for hydroxylation is 1. The first-order valence-corrected chi connectivity index (χ1v) is 6.01. The number of ether oxygens (including phenoxy) is 1. The molecule has 17 heavy (non-hydrogen) atoms. The van der Waals surface area contributed by atoms with Crippen molar-refractivity contribution in [2.45, 2.75) is 20.8 Å². The Morgan fingerprint density at radius 1 is 1.41 bits per heavy atom. The third-order valence-corrected chi connectivity index (χ3v) is 2.59. The molecular weight excluding hydrogens is 214 g/mol. The van der Waals surface area contributed by atoms with Gasteiger partial charge in [0.25, 0.3) is 0 Å². The largest absolute Gasteiger partial charge is 0.397 e. The third-order valence-electron chi connectivity index (χ3n) is 2.59. The molecule has 1 heterocycles. The average molecular weight is 237 g/mol. The van der Waals surface area contributed by atoms with Gasteiger partial charge in [0.2, 0.25) is 0 Å². The highest BCUT2D eigenvalue weighted by Crippen LogP contribution is 2.17. The van der Waals surface area contributed by atoms with E-state index < -0.39 is 0 Å². The number of aromatic nitrogens is 1. The van der Waals surface area contributed by atoms with E-state index in [2.05, 4.69) is 23.7 Å². The topological polar surface area (TPSA) is 51.4 Å². The van der Waals surface area contributed by atoms with Crippen molar-refractivity contribution in [1.29, 1.82) is 0 Å². The lowest BCUT2D eigenvalue weighted by Gasteiger charge is -2.25. The van der Waals surface area contributed by atoms with Crippen molar-refractivity contribution in [3.63, 3.8) is 0 Å². The van der Waals surface area contributed by atoms with Crippen LogP contribution in [0.1, 0.15) is 19.5 Å². The summed E-state index contributed by atoms with van der Waals surface area (Å²) in [5, 5.41) is 0. The molecule has 0 fully saturated rings. The van der Waals surface area contributed by atoms with Crippen molar-refractivity contribution in [2.75, 3.05) is 37.4 Å². The fourth-order valence-electron chi connectivity index (χ4n) is 1.68. The molecule has 0 aliphatic rings. The first kappa shape index (κ1) is 13.8. The van der Waals surface area contributed by atoms with Crippen LogP contribution in [0.25, 0.3) is 0 Å². The standard InChI is InChI=1S/C13H23N3O/c1-10(2)9-16(7-8-17-4)13-6-5-12(14)11(3)15-13/h5-6,10H,7-9,14H2,1-4H3. The summed E-state index contributed by atoms with van der Waals surface area (Å²) in [4.78, 5) is 6.76.